The molecule has 0 saturated heterocycles. The van der Waals surface area contributed by atoms with Crippen molar-refractivity contribution in [3.63, 3.8) is 0 Å². The maximum Gasteiger partial charge on any atom is 0.323 e. The van der Waals surface area contributed by atoms with Crippen molar-refractivity contribution in [1.82, 2.24) is 9.97 Å². The Balaban J connectivity index is 2.08. The van der Waals surface area contributed by atoms with Gasteiger partial charge in [-0.1, -0.05) is 11.6 Å². The standard InChI is InChI=1S/C15H17ClN4O3/c1-3-22-13-12(9-17-15(20-13)23-4-2)19-14(21)18-11-7-5-10(16)6-8-11/h5-9H,3-4H2,1-2H3,(H2,18,19,21). The van der Waals surface area contributed by atoms with Crippen molar-refractivity contribution in [3.8, 4) is 11.9 Å². The summed E-state index contributed by atoms with van der Waals surface area (Å²) in [5.74, 6) is 0.247. The highest BCUT2D eigenvalue weighted by molar-refractivity contribution is 6.30. The van der Waals surface area contributed by atoms with Crippen LogP contribution < -0.4 is 20.1 Å². The van der Waals surface area contributed by atoms with E-state index in [0.717, 1.165) is 0 Å². The van der Waals surface area contributed by atoms with E-state index in [2.05, 4.69) is 20.6 Å². The molecule has 0 unspecified atom stereocenters. The minimum atomic E-state index is -0.443. The molecular weight excluding hydrogens is 320 g/mol. The Labute approximate surface area is 139 Å². The zero-order valence-corrected chi connectivity index (χ0v) is 13.6. The molecule has 2 aromatic rings. The van der Waals surface area contributed by atoms with Crippen LogP contribution in [-0.2, 0) is 0 Å². The van der Waals surface area contributed by atoms with Gasteiger partial charge in [0.2, 0.25) is 5.88 Å². The number of nitrogens with one attached hydrogen (secondary N) is 2. The molecule has 1 heterocycles. The Morgan fingerprint density at radius 3 is 2.48 bits per heavy atom. The number of nitrogens with zero attached hydrogens (tertiary/aromatic N) is 2. The number of hydrogen-bond donors (Lipinski definition) is 2. The van der Waals surface area contributed by atoms with Gasteiger partial charge in [0, 0.05) is 10.7 Å². The molecule has 122 valence electrons. The van der Waals surface area contributed by atoms with Crippen molar-refractivity contribution >= 4 is 29.0 Å². The van der Waals surface area contributed by atoms with Crippen LogP contribution in [0.5, 0.6) is 11.9 Å². The smallest absolute Gasteiger partial charge is 0.323 e. The Hall–Kier alpha value is -2.54. The molecule has 0 aliphatic heterocycles. The van der Waals surface area contributed by atoms with Crippen LogP contribution in [0.2, 0.25) is 5.02 Å². The molecule has 23 heavy (non-hydrogen) atoms. The summed E-state index contributed by atoms with van der Waals surface area (Å²) in [6.07, 6.45) is 1.43. The highest BCUT2D eigenvalue weighted by Gasteiger charge is 2.12. The molecule has 0 atom stereocenters. The normalized spacial score (nSPS) is 10.0. The monoisotopic (exact) mass is 336 g/mol. The molecule has 2 amide bonds. The Bertz CT molecular complexity index is 664. The lowest BCUT2D eigenvalue weighted by molar-refractivity contribution is 0.261. The van der Waals surface area contributed by atoms with E-state index in [0.29, 0.717) is 29.6 Å². The fourth-order valence-corrected chi connectivity index (χ4v) is 1.83. The fourth-order valence-electron chi connectivity index (χ4n) is 1.70. The minimum absolute atomic E-state index is 0.194. The first-order chi connectivity index (χ1) is 11.1. The summed E-state index contributed by atoms with van der Waals surface area (Å²) in [6.45, 7) is 4.49. The number of carbonyl (C=O) groups excluding carboxylic acids is 1. The molecule has 1 aromatic heterocycles. The van der Waals surface area contributed by atoms with E-state index in [4.69, 9.17) is 21.1 Å². The highest BCUT2D eigenvalue weighted by atomic mass is 35.5. The van der Waals surface area contributed by atoms with Gasteiger partial charge >= 0.3 is 12.0 Å². The average Bonchev–Trinajstić information content (AvgIpc) is 2.53. The van der Waals surface area contributed by atoms with E-state index in [-0.39, 0.29) is 11.9 Å². The van der Waals surface area contributed by atoms with E-state index in [1.807, 2.05) is 13.8 Å². The van der Waals surface area contributed by atoms with Gasteiger partial charge in [0.05, 0.1) is 19.4 Å². The summed E-state index contributed by atoms with van der Waals surface area (Å²) in [7, 11) is 0. The van der Waals surface area contributed by atoms with Crippen LogP contribution >= 0.6 is 11.6 Å². The number of benzene rings is 1. The molecule has 0 spiro atoms. The first-order valence-corrected chi connectivity index (χ1v) is 7.46. The van der Waals surface area contributed by atoms with Gasteiger partial charge in [-0.3, -0.25) is 0 Å². The molecule has 1 aromatic carbocycles. The van der Waals surface area contributed by atoms with Gasteiger partial charge in [-0.15, -0.1) is 0 Å². The van der Waals surface area contributed by atoms with Crippen molar-refractivity contribution in [1.29, 1.82) is 0 Å². The molecule has 0 fully saturated rings. The van der Waals surface area contributed by atoms with Gasteiger partial charge in [0.1, 0.15) is 5.69 Å². The number of aromatic nitrogens is 2. The largest absolute Gasteiger partial charge is 0.476 e. The first-order valence-electron chi connectivity index (χ1n) is 7.08. The SMILES string of the molecule is CCOc1ncc(NC(=O)Nc2ccc(Cl)cc2)c(OCC)n1. The molecule has 0 aliphatic rings. The van der Waals surface area contributed by atoms with Crippen molar-refractivity contribution in [2.45, 2.75) is 13.8 Å². The van der Waals surface area contributed by atoms with Crippen molar-refractivity contribution in [2.24, 2.45) is 0 Å². The predicted octanol–water partition coefficient (Wildman–Crippen LogP) is 3.57. The van der Waals surface area contributed by atoms with Crippen molar-refractivity contribution in [2.75, 3.05) is 23.8 Å². The van der Waals surface area contributed by atoms with Gasteiger partial charge in [-0.2, -0.15) is 4.98 Å². The summed E-state index contributed by atoms with van der Waals surface area (Å²) >= 11 is 5.80. The third kappa shape index (κ3) is 5.00. The van der Waals surface area contributed by atoms with E-state index >= 15 is 0 Å². The zero-order valence-electron chi connectivity index (χ0n) is 12.8. The number of halogens is 1. The van der Waals surface area contributed by atoms with Gasteiger partial charge in [0.15, 0.2) is 0 Å². The second kappa shape index (κ2) is 8.19. The Kier molecular flexibility index (Phi) is 5.99. The second-order valence-corrected chi connectivity index (χ2v) is 4.76. The van der Waals surface area contributed by atoms with Crippen LogP contribution in [-0.4, -0.2) is 29.2 Å². The lowest BCUT2D eigenvalue weighted by Gasteiger charge is -2.12. The van der Waals surface area contributed by atoms with Crippen LogP contribution in [0.3, 0.4) is 0 Å². The van der Waals surface area contributed by atoms with Crippen LogP contribution in [0.4, 0.5) is 16.2 Å². The highest BCUT2D eigenvalue weighted by Crippen LogP contribution is 2.23. The van der Waals surface area contributed by atoms with Gasteiger partial charge < -0.3 is 20.1 Å². The topological polar surface area (TPSA) is 85.4 Å². The summed E-state index contributed by atoms with van der Waals surface area (Å²) < 4.78 is 10.6. The van der Waals surface area contributed by atoms with Crippen LogP contribution in [0.25, 0.3) is 0 Å². The molecule has 2 N–H and O–H groups in total. The average molecular weight is 337 g/mol. The Morgan fingerprint density at radius 1 is 1.13 bits per heavy atom. The molecule has 7 nitrogen and oxygen atoms in total. The molecule has 8 heteroatoms. The number of carbonyl (C=O) groups is 1. The van der Waals surface area contributed by atoms with Gasteiger partial charge in [0.25, 0.3) is 0 Å². The maximum atomic E-state index is 12.0. The molecule has 0 bridgehead atoms. The first kappa shape index (κ1) is 16.8. The summed E-state index contributed by atoms with van der Waals surface area (Å²) in [5.41, 5.74) is 0.957. The van der Waals surface area contributed by atoms with E-state index in [9.17, 15) is 4.79 Å². The molecule has 0 aliphatic carbocycles. The molecule has 0 saturated carbocycles. The van der Waals surface area contributed by atoms with Crippen LogP contribution in [0, 0.1) is 0 Å². The lowest BCUT2D eigenvalue weighted by atomic mass is 10.3. The minimum Gasteiger partial charge on any atom is -0.476 e. The molecule has 0 radical (unpaired) electrons. The number of amides is 2. The Morgan fingerprint density at radius 2 is 1.83 bits per heavy atom. The van der Waals surface area contributed by atoms with E-state index in [1.165, 1.54) is 6.20 Å². The third-order valence-corrected chi connectivity index (χ3v) is 2.89. The van der Waals surface area contributed by atoms with Crippen molar-refractivity contribution in [3.05, 3.63) is 35.5 Å². The van der Waals surface area contributed by atoms with E-state index in [1.54, 1.807) is 24.3 Å². The fraction of sp³-hybridized carbons (Fsp3) is 0.267. The number of anilines is 2. The third-order valence-electron chi connectivity index (χ3n) is 2.64. The van der Waals surface area contributed by atoms with Crippen LogP contribution in [0.15, 0.2) is 30.5 Å². The predicted molar refractivity (Wildman–Crippen MR) is 88.5 cm³/mol. The summed E-state index contributed by atoms with van der Waals surface area (Å²) in [6, 6.07) is 6.51. The summed E-state index contributed by atoms with van der Waals surface area (Å²) in [5, 5.41) is 5.91. The number of rotatable bonds is 6. The second-order valence-electron chi connectivity index (χ2n) is 4.32. The van der Waals surface area contributed by atoms with Gasteiger partial charge in [-0.25, -0.2) is 9.78 Å². The summed E-state index contributed by atoms with van der Waals surface area (Å²) in [4.78, 5) is 20.2. The number of urea groups is 1. The number of ether oxygens (including phenoxy) is 2. The van der Waals surface area contributed by atoms with Crippen LogP contribution in [0.1, 0.15) is 13.8 Å². The van der Waals surface area contributed by atoms with Gasteiger partial charge in [-0.05, 0) is 38.1 Å². The quantitative estimate of drug-likeness (QED) is 0.842. The number of hydrogen-bond acceptors (Lipinski definition) is 5. The molecule has 2 rings (SSSR count). The molecular formula is C15H17ClN4O3. The maximum absolute atomic E-state index is 12.0. The zero-order chi connectivity index (χ0) is 16.7. The van der Waals surface area contributed by atoms with Crippen molar-refractivity contribution < 1.29 is 14.3 Å². The van der Waals surface area contributed by atoms with E-state index < -0.39 is 6.03 Å². The lowest BCUT2D eigenvalue weighted by Crippen LogP contribution is -2.20.